The number of amides is 2. The van der Waals surface area contributed by atoms with Crippen LogP contribution < -0.4 is 10.6 Å². The minimum absolute atomic E-state index is 0.0435. The van der Waals surface area contributed by atoms with Crippen molar-refractivity contribution in [2.45, 2.75) is 70.4 Å². The third-order valence-electron chi connectivity index (χ3n) is 6.22. The summed E-state index contributed by atoms with van der Waals surface area (Å²) in [5.74, 6) is -1.78. The molecule has 34 heavy (non-hydrogen) atoms. The monoisotopic (exact) mass is 466 g/mol. The first-order valence-electron chi connectivity index (χ1n) is 12.1. The molecule has 0 aromatic heterocycles. The lowest BCUT2D eigenvalue weighted by atomic mass is 9.98. The molecule has 1 aliphatic rings. The van der Waals surface area contributed by atoms with Crippen molar-refractivity contribution in [3.05, 3.63) is 59.7 Å². The van der Waals surface area contributed by atoms with Crippen molar-refractivity contribution in [2.24, 2.45) is 0 Å². The number of ether oxygens (including phenoxy) is 1. The van der Waals surface area contributed by atoms with E-state index in [1.807, 2.05) is 55.5 Å². The average Bonchev–Trinajstić information content (AvgIpc) is 3.14. The topological polar surface area (TPSA) is 105 Å². The zero-order chi connectivity index (χ0) is 24.5. The second kappa shape index (κ2) is 12.2. The Kier molecular flexibility index (Phi) is 9.08. The van der Waals surface area contributed by atoms with E-state index in [1.54, 1.807) is 0 Å². The standard InChI is InChI=1S/C27H34N2O5/c1-3-5-11-18(10-4-2)28-26(32)24(16-25(30)31)29-27(33)34-17-23-21-14-8-6-12-19(21)20-13-7-9-15-22(20)23/h6-9,12-15,18,23-24H,3-5,10-11,16-17H2,1-2H3,(H,28,32)(H,29,33)(H,30,31). The van der Waals surface area contributed by atoms with Crippen LogP contribution in [0.2, 0.25) is 0 Å². The highest BCUT2D eigenvalue weighted by molar-refractivity contribution is 5.89. The molecule has 2 amide bonds. The van der Waals surface area contributed by atoms with E-state index in [2.05, 4.69) is 17.6 Å². The number of rotatable bonds is 12. The number of carboxylic acids is 1. The van der Waals surface area contributed by atoms with Gasteiger partial charge in [0.05, 0.1) is 6.42 Å². The van der Waals surface area contributed by atoms with E-state index in [4.69, 9.17) is 4.74 Å². The maximum absolute atomic E-state index is 12.8. The summed E-state index contributed by atoms with van der Waals surface area (Å²) in [5, 5.41) is 14.7. The Morgan fingerprint density at radius 3 is 2.09 bits per heavy atom. The summed E-state index contributed by atoms with van der Waals surface area (Å²) in [5.41, 5.74) is 4.39. The van der Waals surface area contributed by atoms with Crippen LogP contribution >= 0.6 is 0 Å². The highest BCUT2D eigenvalue weighted by atomic mass is 16.5. The number of carboxylic acid groups (broad SMARTS) is 1. The first-order chi connectivity index (χ1) is 16.4. The number of carbonyl (C=O) groups is 3. The molecule has 7 heteroatoms. The summed E-state index contributed by atoms with van der Waals surface area (Å²) in [6.07, 6.45) is 3.18. The fourth-order valence-corrected chi connectivity index (χ4v) is 4.56. The van der Waals surface area contributed by atoms with Crippen LogP contribution in [0.4, 0.5) is 4.79 Å². The van der Waals surface area contributed by atoms with Crippen molar-refractivity contribution < 1.29 is 24.2 Å². The Balaban J connectivity index is 1.64. The van der Waals surface area contributed by atoms with Gasteiger partial charge in [-0.25, -0.2) is 4.79 Å². The predicted octanol–water partition coefficient (Wildman–Crippen LogP) is 4.84. The molecule has 7 nitrogen and oxygen atoms in total. The molecule has 0 spiro atoms. The Morgan fingerprint density at radius 2 is 1.53 bits per heavy atom. The Morgan fingerprint density at radius 1 is 0.912 bits per heavy atom. The second-order valence-corrected chi connectivity index (χ2v) is 8.76. The number of carbonyl (C=O) groups excluding carboxylic acids is 2. The Bertz CT molecular complexity index is 961. The predicted molar refractivity (Wildman–Crippen MR) is 131 cm³/mol. The van der Waals surface area contributed by atoms with Gasteiger partial charge < -0.3 is 20.5 Å². The van der Waals surface area contributed by atoms with Crippen molar-refractivity contribution in [1.29, 1.82) is 0 Å². The van der Waals surface area contributed by atoms with Gasteiger partial charge in [0.1, 0.15) is 12.6 Å². The largest absolute Gasteiger partial charge is 0.481 e. The van der Waals surface area contributed by atoms with Crippen LogP contribution in [0.15, 0.2) is 48.5 Å². The molecule has 2 aromatic carbocycles. The number of hydrogen-bond donors (Lipinski definition) is 3. The molecule has 3 rings (SSSR count). The van der Waals surface area contributed by atoms with Crippen molar-refractivity contribution in [2.75, 3.05) is 6.61 Å². The summed E-state index contributed by atoms with van der Waals surface area (Å²) in [6, 6.07) is 14.8. The van der Waals surface area contributed by atoms with Crippen LogP contribution in [-0.4, -0.2) is 41.8 Å². The van der Waals surface area contributed by atoms with Gasteiger partial charge in [-0.2, -0.15) is 0 Å². The molecule has 182 valence electrons. The van der Waals surface area contributed by atoms with E-state index in [-0.39, 0.29) is 18.6 Å². The number of alkyl carbamates (subject to hydrolysis) is 1. The zero-order valence-electron chi connectivity index (χ0n) is 19.9. The molecule has 0 saturated heterocycles. The molecule has 0 saturated carbocycles. The minimum Gasteiger partial charge on any atom is -0.481 e. The summed E-state index contributed by atoms with van der Waals surface area (Å²) >= 11 is 0. The number of aliphatic carboxylic acids is 1. The van der Waals surface area contributed by atoms with Gasteiger partial charge in [0.2, 0.25) is 5.91 Å². The number of nitrogens with one attached hydrogen (secondary N) is 2. The fraction of sp³-hybridized carbons (Fsp3) is 0.444. The van der Waals surface area contributed by atoms with Crippen molar-refractivity contribution in [3.8, 4) is 11.1 Å². The minimum atomic E-state index is -1.20. The van der Waals surface area contributed by atoms with E-state index < -0.39 is 30.4 Å². The number of unbranched alkanes of at least 4 members (excludes halogenated alkanes) is 1. The third kappa shape index (κ3) is 6.37. The molecule has 2 atom stereocenters. The number of fused-ring (bicyclic) bond motifs is 3. The van der Waals surface area contributed by atoms with E-state index in [1.165, 1.54) is 0 Å². The van der Waals surface area contributed by atoms with Gasteiger partial charge in [-0.05, 0) is 35.1 Å². The maximum Gasteiger partial charge on any atom is 0.407 e. The fourth-order valence-electron chi connectivity index (χ4n) is 4.56. The van der Waals surface area contributed by atoms with Gasteiger partial charge in [0, 0.05) is 12.0 Å². The SMILES string of the molecule is CCCCC(CCC)NC(=O)C(CC(=O)O)NC(=O)OCC1c2ccccc2-c2ccccc21. The maximum atomic E-state index is 12.8. The van der Waals surface area contributed by atoms with Gasteiger partial charge in [-0.15, -0.1) is 0 Å². The molecule has 0 fully saturated rings. The first-order valence-corrected chi connectivity index (χ1v) is 12.1. The number of benzene rings is 2. The smallest absolute Gasteiger partial charge is 0.407 e. The average molecular weight is 467 g/mol. The molecule has 0 heterocycles. The molecule has 0 bridgehead atoms. The molecule has 3 N–H and O–H groups in total. The van der Waals surface area contributed by atoms with Gasteiger partial charge >= 0.3 is 12.1 Å². The van der Waals surface area contributed by atoms with E-state index in [9.17, 15) is 19.5 Å². The molecular weight excluding hydrogens is 432 g/mol. The zero-order valence-corrected chi connectivity index (χ0v) is 19.9. The van der Waals surface area contributed by atoms with Crippen LogP contribution in [0.5, 0.6) is 0 Å². The Hall–Kier alpha value is -3.35. The number of hydrogen-bond acceptors (Lipinski definition) is 4. The summed E-state index contributed by atoms with van der Waals surface area (Å²) in [6.45, 7) is 4.21. The van der Waals surface area contributed by atoms with Crippen LogP contribution in [0.1, 0.15) is 69.4 Å². The second-order valence-electron chi connectivity index (χ2n) is 8.76. The molecule has 0 radical (unpaired) electrons. The van der Waals surface area contributed by atoms with Gasteiger partial charge in [-0.1, -0.05) is 81.6 Å². The summed E-state index contributed by atoms with van der Waals surface area (Å²) in [4.78, 5) is 36.8. The molecule has 1 aliphatic carbocycles. The lowest BCUT2D eigenvalue weighted by Crippen LogP contribution is -2.50. The van der Waals surface area contributed by atoms with Gasteiger partial charge in [-0.3, -0.25) is 9.59 Å². The van der Waals surface area contributed by atoms with E-state index >= 15 is 0 Å². The summed E-state index contributed by atoms with van der Waals surface area (Å²) in [7, 11) is 0. The quantitative estimate of drug-likeness (QED) is 0.415. The van der Waals surface area contributed by atoms with Gasteiger partial charge in [0.15, 0.2) is 0 Å². The molecule has 2 aromatic rings. The van der Waals surface area contributed by atoms with Crippen LogP contribution in [0.3, 0.4) is 0 Å². The first kappa shape index (κ1) is 25.3. The molecule has 2 unspecified atom stereocenters. The molecule has 0 aliphatic heterocycles. The van der Waals surface area contributed by atoms with Crippen LogP contribution in [-0.2, 0) is 14.3 Å². The lowest BCUT2D eigenvalue weighted by Gasteiger charge is -2.23. The normalized spacial score (nSPS) is 13.9. The van der Waals surface area contributed by atoms with E-state index in [0.29, 0.717) is 0 Å². The van der Waals surface area contributed by atoms with Crippen LogP contribution in [0.25, 0.3) is 11.1 Å². The van der Waals surface area contributed by atoms with Crippen LogP contribution in [0, 0.1) is 0 Å². The van der Waals surface area contributed by atoms with Crippen molar-refractivity contribution in [1.82, 2.24) is 10.6 Å². The van der Waals surface area contributed by atoms with Crippen molar-refractivity contribution in [3.63, 3.8) is 0 Å². The van der Waals surface area contributed by atoms with Crippen molar-refractivity contribution >= 4 is 18.0 Å². The highest BCUT2D eigenvalue weighted by Gasteiger charge is 2.30. The van der Waals surface area contributed by atoms with E-state index in [0.717, 1.165) is 54.4 Å². The lowest BCUT2D eigenvalue weighted by molar-refractivity contribution is -0.140. The molecular formula is C27H34N2O5. The summed E-state index contributed by atoms with van der Waals surface area (Å²) < 4.78 is 5.50. The van der Waals surface area contributed by atoms with Gasteiger partial charge in [0.25, 0.3) is 0 Å². The highest BCUT2D eigenvalue weighted by Crippen LogP contribution is 2.44. The Labute approximate surface area is 200 Å². The third-order valence-corrected chi connectivity index (χ3v) is 6.22.